The second kappa shape index (κ2) is 8.14. The number of halogens is 15. The maximum absolute atomic E-state index is 13.6. The lowest BCUT2D eigenvalue weighted by Gasteiger charge is -2.41. The monoisotopic (exact) mass is 517 g/mol. The number of alkyl halides is 15. The fraction of sp³-hybridized carbons (Fsp3) is 0.562. The quantitative estimate of drug-likeness (QED) is 0.310. The third-order valence-electron chi connectivity index (χ3n) is 4.18. The first-order chi connectivity index (χ1) is 14.4. The van der Waals surface area contributed by atoms with Crippen molar-refractivity contribution in [3.8, 4) is 5.75 Å². The summed E-state index contributed by atoms with van der Waals surface area (Å²) < 4.78 is 196. The Kier molecular flexibility index (Phi) is 7.08. The molecule has 0 aliphatic heterocycles. The molecule has 0 unspecified atom stereocenters. The topological polar surface area (TPSA) is 32.6 Å². The Morgan fingerprint density at radius 1 is 0.697 bits per heavy atom. The molecule has 0 fully saturated rings. The van der Waals surface area contributed by atoms with Gasteiger partial charge in [0.25, 0.3) is 0 Å². The molecular weight excluding hydrogens is 507 g/mol. The number of rotatable bonds is 8. The molecule has 1 rings (SSSR count). The average molecular weight is 517 g/mol. The van der Waals surface area contributed by atoms with Crippen molar-refractivity contribution in [1.82, 2.24) is 0 Å². The van der Waals surface area contributed by atoms with E-state index in [1.165, 1.54) is 19.1 Å². The van der Waals surface area contributed by atoms with Crippen LogP contribution < -0.4 is 0 Å². The third-order valence-corrected chi connectivity index (χ3v) is 4.18. The van der Waals surface area contributed by atoms with Gasteiger partial charge in [-0.25, -0.2) is 0 Å². The molecule has 2 nitrogen and oxygen atoms in total. The van der Waals surface area contributed by atoms with Crippen molar-refractivity contribution in [3.63, 3.8) is 0 Å². The Bertz CT molecular complexity index is 888. The van der Waals surface area contributed by atoms with Gasteiger partial charge in [0.1, 0.15) is 12.3 Å². The van der Waals surface area contributed by atoms with Gasteiger partial charge in [0.2, 0.25) is 0 Å². The van der Waals surface area contributed by atoms with Crippen molar-refractivity contribution in [2.75, 3.05) is 6.54 Å². The van der Waals surface area contributed by atoms with Crippen molar-refractivity contribution in [2.24, 2.45) is 4.99 Å². The maximum atomic E-state index is 13.6. The lowest BCUT2D eigenvalue weighted by Crippen LogP contribution is -2.72. The van der Waals surface area contributed by atoms with Gasteiger partial charge in [0, 0.05) is 11.8 Å². The number of nitrogens with zero attached hydrogens (tertiary/aromatic N) is 1. The molecule has 1 aromatic carbocycles. The normalized spacial score (nSPS) is 15.4. The lowest BCUT2D eigenvalue weighted by atomic mass is 9.91. The average Bonchev–Trinajstić information content (AvgIpc) is 2.63. The van der Waals surface area contributed by atoms with E-state index in [9.17, 15) is 71.0 Å². The smallest absolute Gasteiger partial charge is 0.460 e. The highest BCUT2D eigenvalue weighted by atomic mass is 19.4. The first-order valence-corrected chi connectivity index (χ1v) is 8.02. The number of para-hydroxylation sites is 1. The molecule has 0 radical (unpaired) electrons. The summed E-state index contributed by atoms with van der Waals surface area (Å²) in [5.74, 6) is -47.5. The molecule has 1 N–H and O–H groups in total. The summed E-state index contributed by atoms with van der Waals surface area (Å²) in [5, 5.41) is 9.56. The molecular formula is C16H10F15NO. The highest BCUT2D eigenvalue weighted by molar-refractivity contribution is 5.84. The number of phenolic OH excluding ortho intramolecular Hbond substituents is 1. The van der Waals surface area contributed by atoms with Gasteiger partial charge in [-0.1, -0.05) is 12.1 Å². The van der Waals surface area contributed by atoms with E-state index in [4.69, 9.17) is 0 Å². The molecule has 0 amide bonds. The first kappa shape index (κ1) is 28.7. The standard InChI is InChI=1S/C16H10F15NO/c1-7-3-2-4-8(9(7)33)5-32-6-10(17,18)11(19,20)12(21,22)13(23,24)14(25,26)15(27,28)16(29,30)31/h2-5,33H,6H2,1H3. The van der Waals surface area contributed by atoms with Crippen LogP contribution in [-0.4, -0.2) is 59.6 Å². The van der Waals surface area contributed by atoms with Gasteiger partial charge in [0.05, 0.1) is 0 Å². The van der Waals surface area contributed by atoms with Crippen LogP contribution in [0.2, 0.25) is 0 Å². The molecule has 0 aromatic heterocycles. The summed E-state index contributed by atoms with van der Waals surface area (Å²) in [4.78, 5) is 2.52. The second-order valence-corrected chi connectivity index (χ2v) is 6.56. The SMILES string of the molecule is Cc1cccc(C=NCC(F)(F)C(F)(F)C(F)(F)C(F)(F)C(F)(F)C(F)(F)C(F)(F)F)c1O. The maximum Gasteiger partial charge on any atom is 0.460 e. The van der Waals surface area contributed by atoms with Crippen LogP contribution in [0, 0.1) is 6.92 Å². The van der Waals surface area contributed by atoms with Crippen LogP contribution in [0.1, 0.15) is 11.1 Å². The van der Waals surface area contributed by atoms with E-state index in [-0.39, 0.29) is 11.8 Å². The zero-order chi connectivity index (χ0) is 26.5. The van der Waals surface area contributed by atoms with Gasteiger partial charge < -0.3 is 5.11 Å². The van der Waals surface area contributed by atoms with Gasteiger partial charge in [-0.05, 0) is 18.6 Å². The van der Waals surface area contributed by atoms with Gasteiger partial charge in [0.15, 0.2) is 0 Å². The van der Waals surface area contributed by atoms with Crippen LogP contribution in [0.5, 0.6) is 5.75 Å². The number of benzene rings is 1. The molecule has 190 valence electrons. The van der Waals surface area contributed by atoms with Crippen LogP contribution in [0.3, 0.4) is 0 Å². The van der Waals surface area contributed by atoms with Crippen LogP contribution in [-0.2, 0) is 0 Å². The van der Waals surface area contributed by atoms with Crippen LogP contribution in [0.25, 0.3) is 0 Å². The summed E-state index contributed by atoms with van der Waals surface area (Å²) >= 11 is 0. The van der Waals surface area contributed by atoms with E-state index in [1.807, 2.05) is 0 Å². The van der Waals surface area contributed by atoms with E-state index in [1.54, 1.807) is 0 Å². The molecule has 0 aliphatic carbocycles. The highest BCUT2D eigenvalue weighted by Crippen LogP contribution is 2.62. The summed E-state index contributed by atoms with van der Waals surface area (Å²) in [6, 6.07) is 3.36. The number of hydrogen-bond acceptors (Lipinski definition) is 2. The van der Waals surface area contributed by atoms with Gasteiger partial charge in [-0.2, -0.15) is 65.9 Å². The predicted octanol–water partition coefficient (Wildman–Crippen LogP) is 6.49. The Balaban J connectivity index is 3.39. The van der Waals surface area contributed by atoms with Gasteiger partial charge in [-0.15, -0.1) is 0 Å². The zero-order valence-corrected chi connectivity index (χ0v) is 15.6. The Morgan fingerprint density at radius 3 is 1.58 bits per heavy atom. The zero-order valence-electron chi connectivity index (χ0n) is 15.6. The molecule has 0 saturated carbocycles. The van der Waals surface area contributed by atoms with Crippen LogP contribution in [0.15, 0.2) is 23.2 Å². The second-order valence-electron chi connectivity index (χ2n) is 6.56. The van der Waals surface area contributed by atoms with Gasteiger partial charge >= 0.3 is 41.7 Å². The fourth-order valence-corrected chi connectivity index (χ4v) is 2.14. The van der Waals surface area contributed by atoms with Crippen molar-refractivity contribution < 1.29 is 71.0 Å². The molecule has 1 aromatic rings. The van der Waals surface area contributed by atoms with Crippen LogP contribution in [0.4, 0.5) is 65.9 Å². The molecule has 33 heavy (non-hydrogen) atoms. The van der Waals surface area contributed by atoms with E-state index >= 15 is 0 Å². The molecule has 0 heterocycles. The number of hydrogen-bond donors (Lipinski definition) is 1. The third kappa shape index (κ3) is 4.29. The van der Waals surface area contributed by atoms with E-state index in [0.717, 1.165) is 6.07 Å². The Morgan fingerprint density at radius 2 is 1.12 bits per heavy atom. The number of aryl methyl sites for hydroxylation is 1. The molecule has 0 saturated heterocycles. The summed E-state index contributed by atoms with van der Waals surface area (Å²) in [6.07, 6.45) is -7.47. The molecule has 17 heteroatoms. The van der Waals surface area contributed by atoms with Crippen LogP contribution >= 0.6 is 0 Å². The largest absolute Gasteiger partial charge is 0.507 e. The van der Waals surface area contributed by atoms with E-state index < -0.39 is 59.6 Å². The number of phenols is 1. The number of aliphatic imine (C=N–C) groups is 1. The Hall–Kier alpha value is -2.36. The minimum Gasteiger partial charge on any atom is -0.507 e. The van der Waals surface area contributed by atoms with E-state index in [2.05, 4.69) is 4.99 Å². The first-order valence-electron chi connectivity index (χ1n) is 8.02. The Labute approximate surface area is 173 Å². The minimum atomic E-state index is -8.33. The highest BCUT2D eigenvalue weighted by Gasteiger charge is 2.93. The van der Waals surface area contributed by atoms with Crippen molar-refractivity contribution in [2.45, 2.75) is 48.6 Å². The summed E-state index contributed by atoms with van der Waals surface area (Å²) in [7, 11) is 0. The lowest BCUT2D eigenvalue weighted by molar-refractivity contribution is -0.451. The van der Waals surface area contributed by atoms with Gasteiger partial charge in [-0.3, -0.25) is 4.99 Å². The summed E-state index contributed by atoms with van der Waals surface area (Å²) in [6.45, 7) is -1.59. The van der Waals surface area contributed by atoms with E-state index in [0.29, 0.717) is 0 Å². The molecule has 0 spiro atoms. The summed E-state index contributed by atoms with van der Waals surface area (Å²) in [5.41, 5.74) is -0.391. The van der Waals surface area contributed by atoms with Crippen molar-refractivity contribution in [3.05, 3.63) is 29.3 Å². The minimum absolute atomic E-state index is 0.0787. The molecule has 0 aliphatic rings. The van der Waals surface area contributed by atoms with Crippen molar-refractivity contribution in [1.29, 1.82) is 0 Å². The van der Waals surface area contributed by atoms with Crippen molar-refractivity contribution >= 4 is 6.21 Å². The fourth-order valence-electron chi connectivity index (χ4n) is 2.14. The molecule has 0 bridgehead atoms. The predicted molar refractivity (Wildman–Crippen MR) is 81.0 cm³/mol. The number of aromatic hydroxyl groups is 1. The molecule has 0 atom stereocenters.